The molecule has 2 heterocycles. The number of carbonyl (C=O) groups is 3. The fourth-order valence-corrected chi connectivity index (χ4v) is 11.5. The van der Waals surface area contributed by atoms with E-state index in [1.807, 2.05) is 0 Å². The summed E-state index contributed by atoms with van der Waals surface area (Å²) in [4.78, 5) is 36.9. The zero-order valence-electron chi connectivity index (χ0n) is 49.6. The van der Waals surface area contributed by atoms with E-state index < -0.39 is 0 Å². The third-order valence-electron chi connectivity index (χ3n) is 14.6. The van der Waals surface area contributed by atoms with Crippen molar-refractivity contribution in [3.63, 3.8) is 0 Å². The molecule has 3 rings (SSSR count). The van der Waals surface area contributed by atoms with E-state index in [0.29, 0.717) is 38.0 Å². The van der Waals surface area contributed by atoms with E-state index in [9.17, 15) is 19.5 Å². The van der Waals surface area contributed by atoms with Crippen LogP contribution in [0.4, 0.5) is 0 Å². The van der Waals surface area contributed by atoms with Gasteiger partial charge in [-0.2, -0.15) is 0 Å². The van der Waals surface area contributed by atoms with Crippen molar-refractivity contribution in [2.24, 2.45) is 0 Å². The summed E-state index contributed by atoms with van der Waals surface area (Å²) in [5.74, 6) is 0.143. The number of esters is 3. The summed E-state index contributed by atoms with van der Waals surface area (Å²) in [5, 5.41) is 18.1. The van der Waals surface area contributed by atoms with Crippen LogP contribution < -0.4 is 10.6 Å². The summed E-state index contributed by atoms with van der Waals surface area (Å²) in [5.41, 5.74) is 2.61. The quantitative estimate of drug-likeness (QED) is 0.0379. The molecule has 0 spiro atoms. The van der Waals surface area contributed by atoms with Gasteiger partial charge in [0.1, 0.15) is 18.0 Å². The van der Waals surface area contributed by atoms with Crippen molar-refractivity contribution in [1.82, 2.24) is 10.6 Å². The smallest absolute Gasteiger partial charge is 0.306 e. The summed E-state index contributed by atoms with van der Waals surface area (Å²) in [7, 11) is 0. The van der Waals surface area contributed by atoms with Crippen LogP contribution in [-0.2, 0) is 45.8 Å². The molecule has 9 nitrogen and oxygen atoms in total. The van der Waals surface area contributed by atoms with Gasteiger partial charge >= 0.3 is 17.9 Å². The van der Waals surface area contributed by atoms with E-state index in [-0.39, 0.29) is 63.1 Å². The lowest BCUT2D eigenvalue weighted by Gasteiger charge is -2.46. The van der Waals surface area contributed by atoms with Crippen molar-refractivity contribution >= 4 is 17.9 Å². The van der Waals surface area contributed by atoms with E-state index in [1.165, 1.54) is 89.9 Å². The Balaban J connectivity index is 0.000000496. The highest BCUT2D eigenvalue weighted by atomic mass is 16.5. The van der Waals surface area contributed by atoms with Crippen molar-refractivity contribution in [3.8, 4) is 5.75 Å². The molecule has 0 atom stereocenters. The highest BCUT2D eigenvalue weighted by molar-refractivity contribution is 5.70. The Hall–Kier alpha value is -2.65. The van der Waals surface area contributed by atoms with Crippen LogP contribution in [0.1, 0.15) is 307 Å². The lowest BCUT2D eigenvalue weighted by molar-refractivity contribution is -0.154. The molecule has 0 aliphatic carbocycles. The van der Waals surface area contributed by atoms with Gasteiger partial charge in [-0.1, -0.05) is 183 Å². The Bertz CT molecular complexity index is 1570. The molecule has 0 saturated carbocycles. The molecule has 3 N–H and O–H groups in total. The predicted molar refractivity (Wildman–Crippen MR) is 302 cm³/mol. The lowest BCUT2D eigenvalue weighted by atomic mass is 9.78. The molecule has 1 aromatic carbocycles. The van der Waals surface area contributed by atoms with E-state index in [2.05, 4.69) is 127 Å². The second-order valence-electron chi connectivity index (χ2n) is 27.0. The van der Waals surface area contributed by atoms with Crippen LogP contribution in [0.5, 0.6) is 5.75 Å². The number of hydrogen-bond donors (Lipinski definition) is 3. The molecule has 2 saturated heterocycles. The first-order valence-electron chi connectivity index (χ1n) is 29.5. The summed E-state index contributed by atoms with van der Waals surface area (Å²) in [6.07, 6.45) is 32.9. The molecule has 2 fully saturated rings. The van der Waals surface area contributed by atoms with Gasteiger partial charge in [-0.25, -0.2) is 0 Å². The van der Waals surface area contributed by atoms with Crippen LogP contribution in [-0.4, -0.2) is 64.0 Å². The van der Waals surface area contributed by atoms with E-state index in [4.69, 9.17) is 14.2 Å². The summed E-state index contributed by atoms with van der Waals surface area (Å²) in [6, 6.07) is 4.13. The zero-order chi connectivity index (χ0) is 54.1. The molecule has 2 aliphatic heterocycles. The van der Waals surface area contributed by atoms with Crippen molar-refractivity contribution in [2.75, 3.05) is 6.61 Å². The predicted octanol–water partition coefficient (Wildman–Crippen LogP) is 16.5. The lowest BCUT2D eigenvalue weighted by Crippen LogP contribution is -2.59. The third kappa shape index (κ3) is 29.4. The molecule has 0 unspecified atom stereocenters. The number of ether oxygens (including phenoxy) is 3. The summed E-state index contributed by atoms with van der Waals surface area (Å²) >= 11 is 0. The number of phenolic OH excluding ortho intramolecular Hbond substituents is 1. The number of aryl methyl sites for hydroxylation is 1. The van der Waals surface area contributed by atoms with Crippen molar-refractivity contribution < 1.29 is 33.7 Å². The number of hydrogen-bond acceptors (Lipinski definition) is 9. The maximum atomic E-state index is 12.3. The standard InChI is InChI=1S/C35H62O3.C28H52N2O4/c1-8-9-10-11-12-13-14-15-16-17-18-19-20-21-22-23-26-38-32(36)25-24-29-27-30(34(2,3)4)33(37)31(28-29)35(5,6)7;1-25(2)17-21(18-26(3,4)29-25)33-23(31)15-13-11-9-10-12-14-16-24(32)34-22-19-27(5,6)30-28(7,8)20-22/h27-28,37H,8-26H2,1-7H3;21-22,29-30H,9-20H2,1-8H3. The second kappa shape index (κ2) is 32.1. The number of nitrogens with one attached hydrogen (secondary N) is 2. The molecule has 418 valence electrons. The number of benzene rings is 1. The van der Waals surface area contributed by atoms with Gasteiger partial charge in [0.05, 0.1) is 6.61 Å². The van der Waals surface area contributed by atoms with E-state index in [0.717, 1.165) is 93.7 Å². The zero-order valence-corrected chi connectivity index (χ0v) is 49.6. The number of rotatable bonds is 31. The highest BCUT2D eigenvalue weighted by Gasteiger charge is 2.40. The average Bonchev–Trinajstić information content (AvgIpc) is 3.22. The molecule has 72 heavy (non-hydrogen) atoms. The number of phenols is 1. The number of unbranched alkanes of at least 4 members (excludes halogenated alkanes) is 20. The van der Waals surface area contributed by atoms with Gasteiger partial charge in [0, 0.05) is 67.1 Å². The number of carbonyl (C=O) groups excluding carboxylic acids is 3. The van der Waals surface area contributed by atoms with Crippen LogP contribution >= 0.6 is 0 Å². The highest BCUT2D eigenvalue weighted by Crippen LogP contribution is 2.40. The minimum atomic E-state index is -0.159. The first kappa shape index (κ1) is 65.5. The van der Waals surface area contributed by atoms with Crippen molar-refractivity contribution in [2.45, 2.75) is 342 Å². The van der Waals surface area contributed by atoms with Crippen LogP contribution in [0.2, 0.25) is 0 Å². The van der Waals surface area contributed by atoms with Crippen LogP contribution in [0.15, 0.2) is 12.1 Å². The van der Waals surface area contributed by atoms with Crippen LogP contribution in [0, 0.1) is 0 Å². The van der Waals surface area contributed by atoms with Gasteiger partial charge in [0.2, 0.25) is 0 Å². The first-order valence-corrected chi connectivity index (χ1v) is 29.5. The molecule has 0 radical (unpaired) electrons. The molecule has 9 heteroatoms. The minimum absolute atomic E-state index is 0.000484. The Kier molecular flexibility index (Phi) is 29.1. The van der Waals surface area contributed by atoms with Crippen LogP contribution in [0.3, 0.4) is 0 Å². The third-order valence-corrected chi connectivity index (χ3v) is 14.6. The van der Waals surface area contributed by atoms with Gasteiger partial charge in [0.15, 0.2) is 0 Å². The number of piperidine rings is 2. The Morgan fingerprint density at radius 3 is 1.11 bits per heavy atom. The molecule has 2 aliphatic rings. The van der Waals surface area contributed by atoms with Crippen molar-refractivity contribution in [3.05, 3.63) is 28.8 Å². The van der Waals surface area contributed by atoms with Gasteiger partial charge in [0.25, 0.3) is 0 Å². The Morgan fingerprint density at radius 2 is 0.792 bits per heavy atom. The topological polar surface area (TPSA) is 123 Å². The average molecular weight is 1010 g/mol. The van der Waals surface area contributed by atoms with Gasteiger partial charge in [-0.3, -0.25) is 14.4 Å². The molecule has 0 bridgehead atoms. The van der Waals surface area contributed by atoms with Crippen LogP contribution in [0.25, 0.3) is 0 Å². The monoisotopic (exact) mass is 1010 g/mol. The molecular formula is C63H114N2O7. The minimum Gasteiger partial charge on any atom is -0.507 e. The molecule has 0 amide bonds. The summed E-state index contributed by atoms with van der Waals surface area (Å²) < 4.78 is 17.1. The van der Waals surface area contributed by atoms with Crippen molar-refractivity contribution in [1.29, 1.82) is 0 Å². The summed E-state index contributed by atoms with van der Waals surface area (Å²) in [6.45, 7) is 32.9. The number of aromatic hydroxyl groups is 1. The molecule has 1 aromatic rings. The van der Waals surface area contributed by atoms with Gasteiger partial charge < -0.3 is 30.0 Å². The SMILES string of the molecule is CC1(C)CC(OC(=O)CCCCCCCCC(=O)OC2CC(C)(C)NC(C)(C)C2)CC(C)(C)N1.CCCCCCCCCCCCCCCCCCOC(=O)CCc1cc(C(C)(C)C)c(O)c(C(C)(C)C)c1. The second-order valence-corrected chi connectivity index (χ2v) is 27.0. The normalized spacial score (nSPS) is 17.7. The maximum Gasteiger partial charge on any atom is 0.306 e. The van der Waals surface area contributed by atoms with Gasteiger partial charge in [-0.15, -0.1) is 0 Å². The first-order chi connectivity index (χ1) is 33.5. The van der Waals surface area contributed by atoms with Gasteiger partial charge in [-0.05, 0) is 109 Å². The Morgan fingerprint density at radius 1 is 0.486 bits per heavy atom. The largest absolute Gasteiger partial charge is 0.507 e. The fourth-order valence-electron chi connectivity index (χ4n) is 11.5. The fraction of sp³-hybridized carbons (Fsp3) is 0.857. The van der Waals surface area contributed by atoms with E-state index >= 15 is 0 Å². The molecular weight excluding hydrogens is 897 g/mol. The Labute approximate surface area is 443 Å². The van der Waals surface area contributed by atoms with E-state index in [1.54, 1.807) is 0 Å². The maximum absolute atomic E-state index is 12.3. The molecule has 0 aromatic heterocycles.